The number of para-hydroxylation sites is 1. The van der Waals surface area contributed by atoms with E-state index in [1.165, 1.54) is 0 Å². The summed E-state index contributed by atoms with van der Waals surface area (Å²) in [5, 5.41) is 0.325. The molecule has 0 unspecified atom stereocenters. The molecule has 3 aromatic rings. The van der Waals surface area contributed by atoms with Crippen LogP contribution in [-0.2, 0) is 0 Å². The lowest BCUT2D eigenvalue weighted by Crippen LogP contribution is -1.66. The summed E-state index contributed by atoms with van der Waals surface area (Å²) in [6, 6.07) is -1.68. The molecule has 0 saturated carbocycles. The van der Waals surface area contributed by atoms with E-state index in [1.807, 2.05) is 0 Å². The summed E-state index contributed by atoms with van der Waals surface area (Å²) in [4.78, 5) is 2.80. The fourth-order valence-electron chi connectivity index (χ4n) is 1.38. The third-order valence-electron chi connectivity index (χ3n) is 1.97. The number of aromatic nitrogens is 1. The zero-order valence-corrected chi connectivity index (χ0v) is 8.46. The molecule has 0 bridgehead atoms. The second-order valence-electron chi connectivity index (χ2n) is 2.81. The number of aromatic amines is 1. The van der Waals surface area contributed by atoms with Gasteiger partial charge in [-0.25, -0.2) is 0 Å². The Morgan fingerprint density at radius 2 is 1.79 bits per heavy atom. The quantitative estimate of drug-likeness (QED) is 0.621. The zero-order valence-electron chi connectivity index (χ0n) is 13.9. The van der Waals surface area contributed by atoms with Crippen LogP contribution in [0.25, 0.3) is 21.8 Å². The lowest BCUT2D eigenvalue weighted by molar-refractivity contribution is 1.54. The molecule has 3 rings (SSSR count). The Morgan fingerprint density at radius 1 is 1.00 bits per heavy atom. The van der Waals surface area contributed by atoms with E-state index in [0.717, 1.165) is 0 Å². The molecule has 14 heavy (non-hydrogen) atoms. The number of fused-ring (bicyclic) bond motifs is 3. The number of halogens is 1. The summed E-state index contributed by atoms with van der Waals surface area (Å²) in [6.45, 7) is 0. The van der Waals surface area contributed by atoms with Crippen molar-refractivity contribution in [2.75, 3.05) is 0 Å². The van der Waals surface area contributed by atoms with E-state index >= 15 is 0 Å². The van der Waals surface area contributed by atoms with Crippen LogP contribution in [0.5, 0.6) is 0 Å². The molecule has 1 heterocycles. The van der Waals surface area contributed by atoms with E-state index in [1.54, 1.807) is 0 Å². The molecule has 68 valence electrons. The van der Waals surface area contributed by atoms with Gasteiger partial charge in [-0.2, -0.15) is 0 Å². The van der Waals surface area contributed by atoms with Crippen molar-refractivity contribution >= 4 is 37.7 Å². The second-order valence-corrected chi connectivity index (χ2v) is 3.61. The van der Waals surface area contributed by atoms with E-state index in [4.69, 9.17) is 9.60 Å². The van der Waals surface area contributed by atoms with Crippen LogP contribution in [0.1, 0.15) is 9.60 Å². The van der Waals surface area contributed by atoms with Crippen molar-refractivity contribution in [1.82, 2.24) is 4.98 Å². The predicted octanol–water partition coefficient (Wildman–Crippen LogP) is 4.08. The van der Waals surface area contributed by atoms with Gasteiger partial charge in [-0.05, 0) is 18.1 Å². The standard InChI is InChI=1S/C12H8BrN/c13-8-5-6-10-9-3-1-2-4-11(9)14-12(10)7-8/h1-7,14H/i1D,2D,3D,4D,5D,6D,7D. The van der Waals surface area contributed by atoms with Gasteiger partial charge in [0, 0.05) is 26.3 Å². The van der Waals surface area contributed by atoms with E-state index in [2.05, 4.69) is 20.9 Å². The normalized spacial score (nSPS) is 18.2. The Balaban J connectivity index is 2.73. The summed E-state index contributed by atoms with van der Waals surface area (Å²) in [5.74, 6) is 0. The molecule has 1 nitrogen and oxygen atoms in total. The van der Waals surface area contributed by atoms with Gasteiger partial charge in [0.1, 0.15) is 0 Å². The molecule has 0 aliphatic rings. The van der Waals surface area contributed by atoms with Crippen molar-refractivity contribution in [3.63, 3.8) is 0 Å². The van der Waals surface area contributed by atoms with Gasteiger partial charge in [0.25, 0.3) is 0 Å². The largest absolute Gasteiger partial charge is 0.354 e. The molecule has 0 atom stereocenters. The van der Waals surface area contributed by atoms with E-state index < -0.39 is 6.04 Å². The Bertz CT molecular complexity index is 857. The molecule has 0 saturated heterocycles. The molecule has 0 aliphatic carbocycles. The molecule has 0 radical (unpaired) electrons. The van der Waals surface area contributed by atoms with Crippen molar-refractivity contribution in [1.29, 1.82) is 0 Å². The lowest BCUT2D eigenvalue weighted by Gasteiger charge is -1.90. The maximum absolute atomic E-state index is 8.04. The minimum atomic E-state index is -0.395. The number of nitrogens with one attached hydrogen (secondary N) is 1. The summed E-state index contributed by atoms with van der Waals surface area (Å²) >= 11 is 3.09. The monoisotopic (exact) mass is 252 g/mol. The highest BCUT2D eigenvalue weighted by atomic mass is 79.9. The first-order valence-electron chi connectivity index (χ1n) is 7.44. The van der Waals surface area contributed by atoms with Crippen molar-refractivity contribution < 1.29 is 9.60 Å². The Morgan fingerprint density at radius 3 is 2.71 bits per heavy atom. The van der Waals surface area contributed by atoms with E-state index in [0.29, 0.717) is 0 Å². The SMILES string of the molecule is [2H]c1c([2H])c([2H])c2c([nH]c3c([2H])c(Br)c([2H])c([2H])c32)c1[2H]. The van der Waals surface area contributed by atoms with Crippen LogP contribution in [0.3, 0.4) is 0 Å². The van der Waals surface area contributed by atoms with Crippen molar-refractivity contribution in [3.05, 3.63) is 46.8 Å². The zero-order chi connectivity index (χ0) is 15.6. The highest BCUT2D eigenvalue weighted by molar-refractivity contribution is 9.10. The Kier molecular flexibility index (Phi) is 0.755. The average Bonchev–Trinajstić information content (AvgIpc) is 2.87. The molecule has 1 aromatic heterocycles. The first-order chi connectivity index (χ1) is 9.77. The number of H-pyrrole nitrogens is 1. The van der Waals surface area contributed by atoms with Crippen molar-refractivity contribution in [2.45, 2.75) is 0 Å². The minimum Gasteiger partial charge on any atom is -0.354 e. The smallest absolute Gasteiger partial charge is 0.0657 e. The maximum Gasteiger partial charge on any atom is 0.0657 e. The van der Waals surface area contributed by atoms with Crippen LogP contribution in [0.2, 0.25) is 0 Å². The molecular weight excluding hydrogens is 238 g/mol. The molecule has 0 fully saturated rings. The molecule has 2 heteroatoms. The van der Waals surface area contributed by atoms with Crippen LogP contribution in [0.15, 0.2) is 46.8 Å². The van der Waals surface area contributed by atoms with Gasteiger partial charge in [-0.15, -0.1) is 0 Å². The van der Waals surface area contributed by atoms with Crippen LogP contribution >= 0.6 is 15.9 Å². The topological polar surface area (TPSA) is 15.8 Å². The summed E-state index contributed by atoms with van der Waals surface area (Å²) < 4.78 is 55.3. The van der Waals surface area contributed by atoms with Crippen molar-refractivity contribution in [2.24, 2.45) is 0 Å². The van der Waals surface area contributed by atoms with Crippen LogP contribution in [-0.4, -0.2) is 4.98 Å². The maximum atomic E-state index is 8.04. The van der Waals surface area contributed by atoms with Crippen LogP contribution in [0.4, 0.5) is 0 Å². The molecule has 2 aromatic carbocycles. The van der Waals surface area contributed by atoms with Gasteiger partial charge in [0.2, 0.25) is 0 Å². The molecular formula is C12H8BrN. The van der Waals surface area contributed by atoms with Crippen LogP contribution in [0, 0.1) is 0 Å². The predicted molar refractivity (Wildman–Crippen MR) is 63.5 cm³/mol. The van der Waals surface area contributed by atoms with Gasteiger partial charge in [0.05, 0.1) is 9.60 Å². The first-order valence-corrected chi connectivity index (χ1v) is 4.73. The number of rotatable bonds is 0. The highest BCUT2D eigenvalue weighted by Crippen LogP contribution is 2.27. The fourth-order valence-corrected chi connectivity index (χ4v) is 1.68. The highest BCUT2D eigenvalue weighted by Gasteiger charge is 2.02. The van der Waals surface area contributed by atoms with Crippen LogP contribution < -0.4 is 0 Å². The van der Waals surface area contributed by atoms with Gasteiger partial charge < -0.3 is 4.98 Å². The minimum absolute atomic E-state index is 0.0425. The second kappa shape index (κ2) is 2.85. The van der Waals surface area contributed by atoms with Crippen molar-refractivity contribution in [3.8, 4) is 0 Å². The van der Waals surface area contributed by atoms with E-state index in [9.17, 15) is 0 Å². The molecule has 1 N–H and O–H groups in total. The summed E-state index contributed by atoms with van der Waals surface area (Å²) in [6.07, 6.45) is 0. The average molecular weight is 253 g/mol. The van der Waals surface area contributed by atoms with Gasteiger partial charge in [0.15, 0.2) is 0 Å². The van der Waals surface area contributed by atoms with Gasteiger partial charge >= 0.3 is 0 Å². The number of hydrogen-bond donors (Lipinski definition) is 1. The Labute approximate surface area is 99.7 Å². The third-order valence-corrected chi connectivity index (χ3v) is 2.37. The number of benzene rings is 2. The summed E-state index contributed by atoms with van der Waals surface area (Å²) in [7, 11) is 0. The number of hydrogen-bond acceptors (Lipinski definition) is 0. The summed E-state index contributed by atoms with van der Waals surface area (Å²) in [5.41, 5.74) is 0.375. The van der Waals surface area contributed by atoms with Gasteiger partial charge in [-0.1, -0.05) is 40.1 Å². The molecule has 0 aliphatic heterocycles. The Hall–Kier alpha value is -1.28. The van der Waals surface area contributed by atoms with Gasteiger partial charge in [-0.3, -0.25) is 0 Å². The third kappa shape index (κ3) is 1.07. The lowest BCUT2D eigenvalue weighted by atomic mass is 10.2. The van der Waals surface area contributed by atoms with E-state index in [-0.39, 0.29) is 62.5 Å². The molecule has 0 amide bonds. The molecule has 0 spiro atoms. The first kappa shape index (κ1) is 3.70. The fraction of sp³-hybridized carbons (Fsp3) is 0.